The summed E-state index contributed by atoms with van der Waals surface area (Å²) >= 11 is 0. The first-order valence-corrected chi connectivity index (χ1v) is 9.99. The summed E-state index contributed by atoms with van der Waals surface area (Å²) in [6.45, 7) is 6.05. The number of carbonyl (C=O) groups is 1. The molecule has 156 valence electrons. The number of benzene rings is 2. The Morgan fingerprint density at radius 3 is 2.42 bits per heavy atom. The number of hydrogen-bond acceptors (Lipinski definition) is 4. The minimum atomic E-state index is -0.469. The van der Waals surface area contributed by atoms with Crippen molar-refractivity contribution in [2.75, 3.05) is 0 Å². The van der Waals surface area contributed by atoms with Crippen LogP contribution in [0.4, 0.5) is 0 Å². The first-order chi connectivity index (χ1) is 15.0. The second-order valence-electron chi connectivity index (χ2n) is 7.45. The Kier molecular flexibility index (Phi) is 5.49. The van der Waals surface area contributed by atoms with Crippen molar-refractivity contribution < 1.29 is 4.79 Å². The molecule has 0 aliphatic carbocycles. The molecule has 1 amide bonds. The first kappa shape index (κ1) is 20.3. The third-order valence-electron chi connectivity index (χ3n) is 5.22. The topological polar surface area (TPSA) is 92.1 Å². The Morgan fingerprint density at radius 1 is 1.06 bits per heavy atom. The highest BCUT2D eigenvalue weighted by atomic mass is 16.2. The zero-order valence-electron chi connectivity index (χ0n) is 17.6. The number of nitrogens with one attached hydrogen (secondary N) is 2. The van der Waals surface area contributed by atoms with E-state index in [1.807, 2.05) is 57.3 Å². The number of amides is 1. The SMILES string of the molecule is C/C(=N\NC(=O)c1nn(Cc2ccccc2)c(=O)c2ccccc12)c1c(C)c[nH]c1C. The minimum Gasteiger partial charge on any atom is -0.364 e. The second kappa shape index (κ2) is 8.39. The van der Waals surface area contributed by atoms with Crippen molar-refractivity contribution in [2.45, 2.75) is 27.3 Å². The average Bonchev–Trinajstić information content (AvgIpc) is 3.12. The monoisotopic (exact) mass is 413 g/mol. The molecule has 7 heteroatoms. The summed E-state index contributed by atoms with van der Waals surface area (Å²) in [7, 11) is 0. The van der Waals surface area contributed by atoms with Gasteiger partial charge in [-0.05, 0) is 38.0 Å². The van der Waals surface area contributed by atoms with Crippen molar-refractivity contribution in [1.82, 2.24) is 20.2 Å². The number of aryl methyl sites for hydroxylation is 2. The molecule has 0 atom stereocenters. The van der Waals surface area contributed by atoms with Gasteiger partial charge in [-0.3, -0.25) is 9.59 Å². The number of fused-ring (bicyclic) bond motifs is 1. The van der Waals surface area contributed by atoms with Crippen LogP contribution in [0.25, 0.3) is 10.8 Å². The Morgan fingerprint density at radius 2 is 1.74 bits per heavy atom. The van der Waals surface area contributed by atoms with Crippen molar-refractivity contribution in [3.8, 4) is 0 Å². The maximum atomic E-state index is 13.0. The van der Waals surface area contributed by atoms with E-state index in [0.717, 1.165) is 22.4 Å². The third-order valence-corrected chi connectivity index (χ3v) is 5.22. The van der Waals surface area contributed by atoms with Crippen molar-refractivity contribution in [2.24, 2.45) is 5.10 Å². The molecule has 0 bridgehead atoms. The largest absolute Gasteiger partial charge is 0.364 e. The van der Waals surface area contributed by atoms with Gasteiger partial charge in [-0.2, -0.15) is 10.2 Å². The van der Waals surface area contributed by atoms with Crippen LogP contribution < -0.4 is 11.0 Å². The lowest BCUT2D eigenvalue weighted by Crippen LogP contribution is -2.29. The van der Waals surface area contributed by atoms with E-state index >= 15 is 0 Å². The zero-order valence-corrected chi connectivity index (χ0v) is 17.6. The maximum Gasteiger partial charge on any atom is 0.292 e. The number of H-pyrrole nitrogens is 1. The smallest absolute Gasteiger partial charge is 0.292 e. The third kappa shape index (κ3) is 4.02. The molecule has 4 aromatic rings. The van der Waals surface area contributed by atoms with Crippen LogP contribution in [-0.2, 0) is 6.54 Å². The molecule has 0 saturated heterocycles. The van der Waals surface area contributed by atoms with Crippen molar-refractivity contribution in [3.63, 3.8) is 0 Å². The summed E-state index contributed by atoms with van der Waals surface area (Å²) in [5.74, 6) is -0.469. The fourth-order valence-electron chi connectivity index (χ4n) is 3.72. The Labute approximate surface area is 179 Å². The predicted octanol–water partition coefficient (Wildman–Crippen LogP) is 3.54. The fraction of sp³-hybridized carbons (Fsp3) is 0.167. The van der Waals surface area contributed by atoms with Crippen LogP contribution in [0.15, 0.2) is 70.7 Å². The van der Waals surface area contributed by atoms with Crippen LogP contribution in [0.2, 0.25) is 0 Å². The van der Waals surface area contributed by atoms with Crippen LogP contribution in [0, 0.1) is 13.8 Å². The summed E-state index contributed by atoms with van der Waals surface area (Å²) in [6.07, 6.45) is 1.90. The van der Waals surface area contributed by atoms with Gasteiger partial charge >= 0.3 is 0 Å². The van der Waals surface area contributed by atoms with Crippen LogP contribution >= 0.6 is 0 Å². The number of nitrogens with zero attached hydrogens (tertiary/aromatic N) is 3. The number of hydrazone groups is 1. The molecule has 2 aromatic heterocycles. The summed E-state index contributed by atoms with van der Waals surface area (Å²) in [5, 5.41) is 9.60. The molecular weight excluding hydrogens is 390 g/mol. The predicted molar refractivity (Wildman–Crippen MR) is 121 cm³/mol. The van der Waals surface area contributed by atoms with Gasteiger partial charge in [0, 0.05) is 22.8 Å². The van der Waals surface area contributed by atoms with Crippen LogP contribution in [0.3, 0.4) is 0 Å². The highest BCUT2D eigenvalue weighted by molar-refractivity contribution is 6.06. The van der Waals surface area contributed by atoms with Gasteiger partial charge in [0.2, 0.25) is 0 Å². The van der Waals surface area contributed by atoms with Gasteiger partial charge < -0.3 is 4.98 Å². The Bertz CT molecular complexity index is 1330. The molecule has 0 radical (unpaired) electrons. The van der Waals surface area contributed by atoms with E-state index in [4.69, 9.17) is 0 Å². The summed E-state index contributed by atoms with van der Waals surface area (Å²) in [6, 6.07) is 16.5. The second-order valence-corrected chi connectivity index (χ2v) is 7.45. The number of carbonyl (C=O) groups excluding carboxylic acids is 1. The highest BCUT2D eigenvalue weighted by Crippen LogP contribution is 2.15. The van der Waals surface area contributed by atoms with E-state index in [-0.39, 0.29) is 17.8 Å². The van der Waals surface area contributed by atoms with Crippen LogP contribution in [-0.4, -0.2) is 26.4 Å². The molecule has 0 aliphatic rings. The zero-order chi connectivity index (χ0) is 22.0. The molecular formula is C24H23N5O2. The number of hydrogen-bond donors (Lipinski definition) is 2. The van der Waals surface area contributed by atoms with Gasteiger partial charge in [0.25, 0.3) is 11.5 Å². The molecule has 2 heterocycles. The van der Waals surface area contributed by atoms with Gasteiger partial charge in [0.05, 0.1) is 17.6 Å². The molecule has 31 heavy (non-hydrogen) atoms. The van der Waals surface area contributed by atoms with Crippen LogP contribution in [0.1, 0.15) is 39.8 Å². The quantitative estimate of drug-likeness (QED) is 0.387. The van der Waals surface area contributed by atoms with E-state index in [1.165, 1.54) is 4.68 Å². The van der Waals surface area contributed by atoms with E-state index in [0.29, 0.717) is 16.5 Å². The lowest BCUT2D eigenvalue weighted by atomic mass is 10.1. The molecule has 0 spiro atoms. The van der Waals surface area contributed by atoms with E-state index < -0.39 is 5.91 Å². The molecule has 0 aliphatic heterocycles. The van der Waals surface area contributed by atoms with E-state index in [1.54, 1.807) is 24.3 Å². The molecule has 0 unspecified atom stereocenters. The van der Waals surface area contributed by atoms with Gasteiger partial charge in [0.1, 0.15) is 0 Å². The molecule has 2 aromatic carbocycles. The number of rotatable bonds is 5. The highest BCUT2D eigenvalue weighted by Gasteiger charge is 2.17. The van der Waals surface area contributed by atoms with Gasteiger partial charge in [-0.25, -0.2) is 10.1 Å². The fourth-order valence-corrected chi connectivity index (χ4v) is 3.72. The number of aromatic nitrogens is 3. The molecule has 0 fully saturated rings. The summed E-state index contributed by atoms with van der Waals surface area (Å²) in [4.78, 5) is 29.1. The molecule has 4 rings (SSSR count). The first-order valence-electron chi connectivity index (χ1n) is 9.99. The Hall–Kier alpha value is -4.00. The number of aromatic amines is 1. The van der Waals surface area contributed by atoms with Gasteiger partial charge in [-0.15, -0.1) is 0 Å². The Balaban J connectivity index is 1.72. The molecule has 7 nitrogen and oxygen atoms in total. The standard InChI is InChI=1S/C24H23N5O2/c1-15-13-25-16(2)21(15)17(3)26-27-23(30)22-19-11-7-8-12-20(19)24(31)29(28-22)14-18-9-5-4-6-10-18/h4-13,25H,14H2,1-3H3,(H,27,30)/b26-17+. The lowest BCUT2D eigenvalue weighted by Gasteiger charge is -2.11. The normalized spacial score (nSPS) is 11.6. The van der Waals surface area contributed by atoms with Gasteiger partial charge in [0.15, 0.2) is 5.69 Å². The summed E-state index contributed by atoms with van der Waals surface area (Å²) < 4.78 is 1.32. The minimum absolute atomic E-state index is 0.158. The molecule has 2 N–H and O–H groups in total. The van der Waals surface area contributed by atoms with Crippen molar-refractivity contribution in [3.05, 3.63) is 99.2 Å². The lowest BCUT2D eigenvalue weighted by molar-refractivity contribution is 0.0949. The van der Waals surface area contributed by atoms with Crippen molar-refractivity contribution in [1.29, 1.82) is 0 Å². The molecule has 0 saturated carbocycles. The van der Waals surface area contributed by atoms with Gasteiger partial charge in [-0.1, -0.05) is 48.5 Å². The van der Waals surface area contributed by atoms with Crippen molar-refractivity contribution >= 4 is 22.4 Å². The van der Waals surface area contributed by atoms with E-state index in [9.17, 15) is 9.59 Å². The summed E-state index contributed by atoms with van der Waals surface area (Å²) in [5.41, 5.74) is 7.12. The van der Waals surface area contributed by atoms with Crippen LogP contribution in [0.5, 0.6) is 0 Å². The van der Waals surface area contributed by atoms with E-state index in [2.05, 4.69) is 20.6 Å². The maximum absolute atomic E-state index is 13.0. The average molecular weight is 413 g/mol.